The number of rotatable bonds is 6. The number of hydrogen-bond donors (Lipinski definition) is 0. The average Bonchev–Trinajstić information content (AvgIpc) is 3.51. The zero-order valence-electron chi connectivity index (χ0n) is 16.9. The first-order chi connectivity index (χ1) is 14.6. The van der Waals surface area contributed by atoms with Crippen LogP contribution in [0.3, 0.4) is 0 Å². The third-order valence-corrected chi connectivity index (χ3v) is 5.05. The van der Waals surface area contributed by atoms with Crippen molar-refractivity contribution in [1.82, 2.24) is 25.1 Å². The van der Waals surface area contributed by atoms with Gasteiger partial charge in [-0.3, -0.25) is 4.79 Å². The van der Waals surface area contributed by atoms with Crippen molar-refractivity contribution in [2.45, 2.75) is 13.0 Å². The summed E-state index contributed by atoms with van der Waals surface area (Å²) < 4.78 is 12.5. The second-order valence-electron chi connectivity index (χ2n) is 6.83. The van der Waals surface area contributed by atoms with Crippen LogP contribution in [0.1, 0.15) is 29.1 Å². The van der Waals surface area contributed by atoms with Crippen LogP contribution < -0.4 is 4.74 Å². The summed E-state index contributed by atoms with van der Waals surface area (Å²) in [4.78, 5) is 15.0. The molecule has 152 valence electrons. The molecule has 0 bridgehead atoms. The first-order valence-electron chi connectivity index (χ1n) is 9.41. The number of ether oxygens (including phenoxy) is 1. The van der Waals surface area contributed by atoms with Crippen molar-refractivity contribution < 1.29 is 13.9 Å². The summed E-state index contributed by atoms with van der Waals surface area (Å²) in [7, 11) is 3.37. The Bertz CT molecular complexity index is 1140. The lowest BCUT2D eigenvalue weighted by Gasteiger charge is -2.24. The van der Waals surface area contributed by atoms with Crippen molar-refractivity contribution >= 4 is 5.91 Å². The zero-order valence-corrected chi connectivity index (χ0v) is 16.9. The molecule has 30 heavy (non-hydrogen) atoms. The summed E-state index contributed by atoms with van der Waals surface area (Å²) in [6, 6.07) is 16.6. The van der Waals surface area contributed by atoms with Gasteiger partial charge in [0, 0.05) is 18.2 Å². The minimum Gasteiger partial charge on any atom is -0.496 e. The maximum atomic E-state index is 13.3. The Kier molecular flexibility index (Phi) is 5.30. The van der Waals surface area contributed by atoms with Gasteiger partial charge in [0.05, 0.1) is 25.1 Å². The number of benzene rings is 2. The van der Waals surface area contributed by atoms with Gasteiger partial charge in [-0.15, -0.1) is 5.10 Å². The lowest BCUT2D eigenvalue weighted by atomic mass is 10.00. The molecule has 0 saturated carbocycles. The molecule has 0 N–H and O–H groups in total. The third-order valence-electron chi connectivity index (χ3n) is 5.05. The molecule has 4 rings (SSSR count). The maximum absolute atomic E-state index is 13.3. The second-order valence-corrected chi connectivity index (χ2v) is 6.83. The molecule has 0 aliphatic heterocycles. The SMILES string of the molecule is COc1ccccc1-c1cc(C(=O)N(C)[C@H](C)c2ccco2)cc(-n2cnnn2)c1. The fourth-order valence-corrected chi connectivity index (χ4v) is 3.28. The van der Waals surface area contributed by atoms with Crippen molar-refractivity contribution in [3.8, 4) is 22.6 Å². The van der Waals surface area contributed by atoms with Gasteiger partial charge >= 0.3 is 0 Å². The van der Waals surface area contributed by atoms with Gasteiger partial charge in [-0.2, -0.15) is 0 Å². The molecule has 1 atom stereocenters. The van der Waals surface area contributed by atoms with Gasteiger partial charge in [-0.1, -0.05) is 18.2 Å². The van der Waals surface area contributed by atoms with Crippen molar-refractivity contribution in [2.75, 3.05) is 14.2 Å². The van der Waals surface area contributed by atoms with Crippen LogP contribution in [0.4, 0.5) is 0 Å². The molecule has 0 aliphatic carbocycles. The minimum atomic E-state index is -0.223. The molecule has 2 heterocycles. The van der Waals surface area contributed by atoms with Crippen LogP contribution in [0.15, 0.2) is 71.6 Å². The Labute approximate surface area is 173 Å². The van der Waals surface area contributed by atoms with Gasteiger partial charge in [0.25, 0.3) is 5.91 Å². The van der Waals surface area contributed by atoms with Crippen LogP contribution in [0.2, 0.25) is 0 Å². The van der Waals surface area contributed by atoms with Gasteiger partial charge in [0.15, 0.2) is 0 Å². The molecular weight excluding hydrogens is 382 g/mol. The number of para-hydroxylation sites is 1. The number of nitrogens with zero attached hydrogens (tertiary/aromatic N) is 5. The first-order valence-corrected chi connectivity index (χ1v) is 9.41. The van der Waals surface area contributed by atoms with E-state index in [2.05, 4.69) is 15.5 Å². The average molecular weight is 403 g/mol. The molecule has 8 heteroatoms. The fraction of sp³-hybridized carbons (Fsp3) is 0.182. The van der Waals surface area contributed by atoms with Crippen LogP contribution in [0, 0.1) is 0 Å². The van der Waals surface area contributed by atoms with Crippen LogP contribution in [-0.4, -0.2) is 45.2 Å². The normalized spacial score (nSPS) is 11.8. The second kappa shape index (κ2) is 8.20. The molecule has 2 aromatic heterocycles. The lowest BCUT2D eigenvalue weighted by Crippen LogP contribution is -2.29. The Hall–Kier alpha value is -3.94. The van der Waals surface area contributed by atoms with Crippen LogP contribution in [0.5, 0.6) is 5.75 Å². The van der Waals surface area contributed by atoms with E-state index in [1.165, 1.54) is 11.0 Å². The molecule has 2 aromatic carbocycles. The maximum Gasteiger partial charge on any atom is 0.254 e. The Balaban J connectivity index is 1.79. The predicted molar refractivity (Wildman–Crippen MR) is 110 cm³/mol. The number of methoxy groups -OCH3 is 1. The number of furan rings is 1. The van der Waals surface area contributed by atoms with E-state index < -0.39 is 0 Å². The van der Waals surface area contributed by atoms with Gasteiger partial charge in [-0.25, -0.2) is 4.68 Å². The summed E-state index contributed by atoms with van der Waals surface area (Å²) >= 11 is 0. The molecule has 0 fully saturated rings. The van der Waals surface area contributed by atoms with Crippen molar-refractivity contribution in [2.24, 2.45) is 0 Å². The van der Waals surface area contributed by atoms with Crippen LogP contribution >= 0.6 is 0 Å². The third kappa shape index (κ3) is 3.67. The molecule has 0 saturated heterocycles. The summed E-state index contributed by atoms with van der Waals surface area (Å²) in [5, 5.41) is 11.4. The number of carbonyl (C=O) groups excluding carboxylic acids is 1. The summed E-state index contributed by atoms with van der Waals surface area (Å²) in [5.74, 6) is 1.28. The molecule has 0 spiro atoms. The van der Waals surface area contributed by atoms with E-state index >= 15 is 0 Å². The number of hydrogen-bond acceptors (Lipinski definition) is 6. The van der Waals surface area contributed by atoms with Crippen LogP contribution in [0.25, 0.3) is 16.8 Å². The highest BCUT2D eigenvalue weighted by molar-refractivity contribution is 5.96. The number of tetrazole rings is 1. The molecule has 0 aliphatic rings. The first kappa shape index (κ1) is 19.4. The van der Waals surface area contributed by atoms with Gasteiger partial charge in [-0.05, 0) is 59.3 Å². The lowest BCUT2D eigenvalue weighted by molar-refractivity contribution is 0.0726. The van der Waals surface area contributed by atoms with Gasteiger partial charge < -0.3 is 14.1 Å². The quantitative estimate of drug-likeness (QED) is 0.487. The highest BCUT2D eigenvalue weighted by atomic mass is 16.5. The molecular formula is C22H21N5O3. The van der Waals surface area contributed by atoms with Crippen molar-refractivity contribution in [3.63, 3.8) is 0 Å². The van der Waals surface area contributed by atoms with E-state index in [-0.39, 0.29) is 11.9 Å². The van der Waals surface area contributed by atoms with Crippen molar-refractivity contribution in [1.29, 1.82) is 0 Å². The summed E-state index contributed by atoms with van der Waals surface area (Å²) in [6.45, 7) is 1.92. The molecule has 4 aromatic rings. The van der Waals surface area contributed by atoms with Crippen LogP contribution in [-0.2, 0) is 0 Å². The Morgan fingerprint density at radius 2 is 2.00 bits per heavy atom. The summed E-state index contributed by atoms with van der Waals surface area (Å²) in [6.07, 6.45) is 3.09. The van der Waals surface area contributed by atoms with E-state index in [0.29, 0.717) is 22.8 Å². The minimum absolute atomic E-state index is 0.148. The van der Waals surface area contributed by atoms with Crippen molar-refractivity contribution in [3.05, 3.63) is 78.5 Å². The molecule has 8 nitrogen and oxygen atoms in total. The highest BCUT2D eigenvalue weighted by Crippen LogP contribution is 2.32. The van der Waals surface area contributed by atoms with E-state index in [1.807, 2.05) is 55.5 Å². The monoisotopic (exact) mass is 403 g/mol. The van der Waals surface area contributed by atoms with E-state index in [1.54, 1.807) is 31.4 Å². The molecule has 0 unspecified atom stereocenters. The highest BCUT2D eigenvalue weighted by Gasteiger charge is 2.22. The summed E-state index contributed by atoms with van der Waals surface area (Å²) in [5.41, 5.74) is 2.86. The standard InChI is InChI=1S/C22H21N5O3/c1-15(20-9-6-10-30-20)26(2)22(28)17-11-16(19-7-4-5-8-21(19)29-3)12-18(13-17)27-14-23-24-25-27/h4-15H,1-3H3/t15-/m1/s1. The Morgan fingerprint density at radius 3 is 2.70 bits per heavy atom. The topological polar surface area (TPSA) is 86.3 Å². The van der Waals surface area contributed by atoms with Gasteiger partial charge in [0.2, 0.25) is 0 Å². The van der Waals surface area contributed by atoms with Gasteiger partial charge in [0.1, 0.15) is 17.8 Å². The number of aromatic nitrogens is 4. The number of amides is 1. The Morgan fingerprint density at radius 1 is 1.17 bits per heavy atom. The van der Waals surface area contributed by atoms with E-state index in [0.717, 1.165) is 11.1 Å². The zero-order chi connectivity index (χ0) is 21.1. The van der Waals surface area contributed by atoms with E-state index in [9.17, 15) is 4.79 Å². The largest absolute Gasteiger partial charge is 0.496 e. The van der Waals surface area contributed by atoms with E-state index in [4.69, 9.17) is 9.15 Å². The smallest absolute Gasteiger partial charge is 0.254 e. The number of carbonyl (C=O) groups is 1. The fourth-order valence-electron chi connectivity index (χ4n) is 3.28. The molecule has 0 radical (unpaired) electrons. The molecule has 1 amide bonds. The predicted octanol–water partition coefficient (Wildman–Crippen LogP) is 3.76.